The SMILES string of the molecule is Cc1ccccc1OCc1nnc(SCC(=O)NC(c2ccccc2)c2ccccc2)n1C. The lowest BCUT2D eigenvalue weighted by Gasteiger charge is -2.19. The van der Waals surface area contributed by atoms with Crippen LogP contribution >= 0.6 is 11.8 Å². The number of nitrogens with one attached hydrogen (secondary N) is 1. The van der Waals surface area contributed by atoms with Crippen molar-refractivity contribution in [3.05, 3.63) is 107 Å². The minimum absolute atomic E-state index is 0.0709. The lowest BCUT2D eigenvalue weighted by molar-refractivity contribution is -0.119. The van der Waals surface area contributed by atoms with Gasteiger partial charge in [-0.1, -0.05) is 90.6 Å². The predicted octanol–water partition coefficient (Wildman–Crippen LogP) is 4.70. The van der Waals surface area contributed by atoms with E-state index >= 15 is 0 Å². The maximum Gasteiger partial charge on any atom is 0.231 e. The summed E-state index contributed by atoms with van der Waals surface area (Å²) in [4.78, 5) is 12.8. The average molecular weight is 459 g/mol. The number of hydrogen-bond donors (Lipinski definition) is 1. The minimum Gasteiger partial charge on any atom is -0.485 e. The molecule has 6 nitrogen and oxygen atoms in total. The Morgan fingerprint density at radius 2 is 1.55 bits per heavy atom. The summed E-state index contributed by atoms with van der Waals surface area (Å²) in [5, 5.41) is 12.3. The lowest BCUT2D eigenvalue weighted by Crippen LogP contribution is -2.30. The molecule has 1 aromatic heterocycles. The van der Waals surface area contributed by atoms with Gasteiger partial charge in [-0.05, 0) is 29.7 Å². The molecule has 0 aliphatic heterocycles. The Labute approximate surface area is 198 Å². The van der Waals surface area contributed by atoms with Crippen LogP contribution in [-0.4, -0.2) is 26.4 Å². The van der Waals surface area contributed by atoms with E-state index in [2.05, 4.69) is 15.5 Å². The number of carbonyl (C=O) groups is 1. The molecule has 0 radical (unpaired) electrons. The summed E-state index contributed by atoms with van der Waals surface area (Å²) < 4.78 is 7.74. The Morgan fingerprint density at radius 3 is 2.18 bits per heavy atom. The molecule has 0 saturated carbocycles. The third-order valence-corrected chi connectivity index (χ3v) is 6.30. The third-order valence-electron chi connectivity index (χ3n) is 5.28. The maximum atomic E-state index is 12.8. The van der Waals surface area contributed by atoms with Crippen LogP contribution in [-0.2, 0) is 18.4 Å². The molecule has 7 heteroatoms. The van der Waals surface area contributed by atoms with Gasteiger partial charge < -0.3 is 14.6 Å². The van der Waals surface area contributed by atoms with Crippen LogP contribution in [0.1, 0.15) is 28.6 Å². The van der Waals surface area contributed by atoms with Crippen LogP contribution in [0.5, 0.6) is 5.75 Å². The fraction of sp³-hybridized carbons (Fsp3) is 0.192. The molecule has 1 amide bonds. The van der Waals surface area contributed by atoms with Crippen molar-refractivity contribution < 1.29 is 9.53 Å². The smallest absolute Gasteiger partial charge is 0.231 e. The number of benzene rings is 3. The number of rotatable bonds is 9. The van der Waals surface area contributed by atoms with Crippen LogP contribution in [0.15, 0.2) is 90.1 Å². The molecule has 4 rings (SSSR count). The highest BCUT2D eigenvalue weighted by atomic mass is 32.2. The van der Waals surface area contributed by atoms with Crippen LogP contribution in [0.25, 0.3) is 0 Å². The van der Waals surface area contributed by atoms with Gasteiger partial charge in [0.15, 0.2) is 11.0 Å². The van der Waals surface area contributed by atoms with Crippen LogP contribution < -0.4 is 10.1 Å². The topological polar surface area (TPSA) is 69.0 Å². The van der Waals surface area contributed by atoms with E-state index in [0.717, 1.165) is 22.4 Å². The normalized spacial score (nSPS) is 10.9. The van der Waals surface area contributed by atoms with Gasteiger partial charge in [-0.2, -0.15) is 0 Å². The number of ether oxygens (including phenoxy) is 1. The van der Waals surface area contributed by atoms with Crippen molar-refractivity contribution in [1.82, 2.24) is 20.1 Å². The zero-order valence-corrected chi connectivity index (χ0v) is 19.5. The molecule has 33 heavy (non-hydrogen) atoms. The Kier molecular flexibility index (Phi) is 7.42. The summed E-state index contributed by atoms with van der Waals surface area (Å²) in [7, 11) is 1.88. The molecule has 0 fully saturated rings. The van der Waals surface area contributed by atoms with E-state index in [4.69, 9.17) is 4.74 Å². The summed E-state index contributed by atoms with van der Waals surface area (Å²) in [6, 6.07) is 27.6. The maximum absolute atomic E-state index is 12.8. The Balaban J connectivity index is 1.37. The molecular formula is C26H26N4O2S. The molecule has 0 bridgehead atoms. The highest BCUT2D eigenvalue weighted by molar-refractivity contribution is 7.99. The van der Waals surface area contributed by atoms with E-state index in [0.29, 0.717) is 17.6 Å². The quantitative estimate of drug-likeness (QED) is 0.368. The molecule has 4 aromatic rings. The van der Waals surface area contributed by atoms with Gasteiger partial charge in [0, 0.05) is 7.05 Å². The Morgan fingerprint density at radius 1 is 0.939 bits per heavy atom. The minimum atomic E-state index is -0.210. The van der Waals surface area contributed by atoms with Gasteiger partial charge in [0.05, 0.1) is 11.8 Å². The highest BCUT2D eigenvalue weighted by Crippen LogP contribution is 2.23. The van der Waals surface area contributed by atoms with Crippen LogP contribution in [0.2, 0.25) is 0 Å². The van der Waals surface area contributed by atoms with Gasteiger partial charge in [-0.25, -0.2) is 0 Å². The second kappa shape index (κ2) is 10.8. The fourth-order valence-corrected chi connectivity index (χ4v) is 4.18. The summed E-state index contributed by atoms with van der Waals surface area (Å²) in [5.74, 6) is 1.69. The van der Waals surface area contributed by atoms with Gasteiger partial charge in [-0.15, -0.1) is 10.2 Å². The van der Waals surface area contributed by atoms with Crippen molar-refractivity contribution in [3.8, 4) is 5.75 Å². The molecule has 0 saturated heterocycles. The molecule has 1 heterocycles. The predicted molar refractivity (Wildman–Crippen MR) is 130 cm³/mol. The van der Waals surface area contributed by atoms with E-state index in [-0.39, 0.29) is 17.7 Å². The van der Waals surface area contributed by atoms with Crippen molar-refractivity contribution in [3.63, 3.8) is 0 Å². The van der Waals surface area contributed by atoms with Crippen LogP contribution in [0.3, 0.4) is 0 Å². The molecule has 0 aliphatic carbocycles. The zero-order valence-electron chi connectivity index (χ0n) is 18.6. The van der Waals surface area contributed by atoms with Gasteiger partial charge in [0.2, 0.25) is 5.91 Å². The monoisotopic (exact) mass is 458 g/mol. The number of carbonyl (C=O) groups excluding carboxylic acids is 1. The Hall–Kier alpha value is -3.58. The van der Waals surface area contributed by atoms with E-state index in [9.17, 15) is 4.79 Å². The van der Waals surface area contributed by atoms with E-state index in [1.54, 1.807) is 0 Å². The van der Waals surface area contributed by atoms with Crippen molar-refractivity contribution in [2.45, 2.75) is 24.7 Å². The van der Waals surface area contributed by atoms with Gasteiger partial charge in [-0.3, -0.25) is 4.79 Å². The van der Waals surface area contributed by atoms with Crippen molar-refractivity contribution in [2.24, 2.45) is 7.05 Å². The number of nitrogens with zero attached hydrogens (tertiary/aromatic N) is 3. The van der Waals surface area contributed by atoms with E-state index < -0.39 is 0 Å². The number of hydrogen-bond acceptors (Lipinski definition) is 5. The first-order valence-electron chi connectivity index (χ1n) is 10.7. The van der Waals surface area contributed by atoms with Gasteiger partial charge in [0.25, 0.3) is 0 Å². The second-order valence-corrected chi connectivity index (χ2v) is 8.57. The number of aromatic nitrogens is 3. The number of para-hydroxylation sites is 1. The van der Waals surface area contributed by atoms with E-state index in [1.807, 2.05) is 103 Å². The highest BCUT2D eigenvalue weighted by Gasteiger charge is 2.18. The van der Waals surface area contributed by atoms with Crippen molar-refractivity contribution in [1.29, 1.82) is 0 Å². The second-order valence-electron chi connectivity index (χ2n) is 7.62. The van der Waals surface area contributed by atoms with Crippen LogP contribution in [0, 0.1) is 6.92 Å². The summed E-state index contributed by atoms with van der Waals surface area (Å²) >= 11 is 1.35. The first kappa shape index (κ1) is 22.6. The molecule has 0 atom stereocenters. The number of thioether (sulfide) groups is 1. The van der Waals surface area contributed by atoms with Crippen molar-refractivity contribution >= 4 is 17.7 Å². The number of aryl methyl sites for hydroxylation is 1. The van der Waals surface area contributed by atoms with E-state index in [1.165, 1.54) is 11.8 Å². The molecule has 0 spiro atoms. The fourth-order valence-electron chi connectivity index (χ4n) is 3.44. The lowest BCUT2D eigenvalue weighted by atomic mass is 9.99. The van der Waals surface area contributed by atoms with Crippen LogP contribution in [0.4, 0.5) is 0 Å². The summed E-state index contributed by atoms with van der Waals surface area (Å²) in [5.41, 5.74) is 3.14. The van der Waals surface area contributed by atoms with Gasteiger partial charge in [0.1, 0.15) is 12.4 Å². The molecule has 3 aromatic carbocycles. The third kappa shape index (κ3) is 5.81. The standard InChI is InChI=1S/C26H26N4O2S/c1-19-11-9-10-16-22(19)32-17-23-28-29-26(30(23)2)33-18-24(31)27-25(20-12-5-3-6-13-20)21-14-7-4-8-15-21/h3-16,25H,17-18H2,1-2H3,(H,27,31). The van der Waals surface area contributed by atoms with Crippen molar-refractivity contribution in [2.75, 3.05) is 5.75 Å². The molecule has 0 aliphatic rings. The number of amides is 1. The first-order valence-corrected chi connectivity index (χ1v) is 11.7. The first-order chi connectivity index (χ1) is 16.1. The summed E-state index contributed by atoms with van der Waals surface area (Å²) in [6.07, 6.45) is 0. The molecule has 1 N–H and O–H groups in total. The zero-order chi connectivity index (χ0) is 23.0. The average Bonchev–Trinajstić information content (AvgIpc) is 3.21. The Bertz CT molecular complexity index is 1160. The summed E-state index contributed by atoms with van der Waals surface area (Å²) in [6.45, 7) is 2.31. The van der Waals surface area contributed by atoms with Gasteiger partial charge >= 0.3 is 0 Å². The molecule has 0 unspecified atom stereocenters. The molecule has 168 valence electrons. The largest absolute Gasteiger partial charge is 0.485 e. The molecular weight excluding hydrogens is 432 g/mol.